The highest BCUT2D eigenvalue weighted by molar-refractivity contribution is 5.11. The first kappa shape index (κ1) is 13.5. The molecule has 0 saturated carbocycles. The zero-order valence-corrected chi connectivity index (χ0v) is 10.5. The van der Waals surface area contributed by atoms with Gasteiger partial charge in [0.2, 0.25) is 0 Å². The van der Waals surface area contributed by atoms with Crippen LogP contribution in [-0.4, -0.2) is 25.8 Å². The van der Waals surface area contributed by atoms with E-state index in [0.717, 1.165) is 18.4 Å². The summed E-state index contributed by atoms with van der Waals surface area (Å²) in [4.78, 5) is 0. The van der Waals surface area contributed by atoms with Crippen LogP contribution >= 0.6 is 0 Å². The van der Waals surface area contributed by atoms with Crippen molar-refractivity contribution in [3.05, 3.63) is 17.9 Å². The van der Waals surface area contributed by atoms with Crippen LogP contribution in [0.4, 0.5) is 0 Å². The highest BCUT2D eigenvalue weighted by Crippen LogP contribution is 2.33. The SMILES string of the molecule is C=C=C(CCCCC)C1(C)OCC(OC)O1. The second-order valence-corrected chi connectivity index (χ2v) is 4.15. The minimum atomic E-state index is -0.698. The van der Waals surface area contributed by atoms with Crippen LogP contribution in [-0.2, 0) is 14.2 Å². The molecule has 1 heterocycles. The van der Waals surface area contributed by atoms with Crippen molar-refractivity contribution in [2.75, 3.05) is 13.7 Å². The quantitative estimate of drug-likeness (QED) is 0.514. The summed E-state index contributed by atoms with van der Waals surface area (Å²) < 4.78 is 16.5. The topological polar surface area (TPSA) is 27.7 Å². The first-order valence-electron chi connectivity index (χ1n) is 5.90. The average Bonchev–Trinajstić information content (AvgIpc) is 2.67. The zero-order chi connectivity index (χ0) is 12.0. The van der Waals surface area contributed by atoms with Gasteiger partial charge >= 0.3 is 0 Å². The van der Waals surface area contributed by atoms with Gasteiger partial charge in [-0.15, -0.1) is 5.73 Å². The largest absolute Gasteiger partial charge is 0.353 e. The molecule has 2 atom stereocenters. The van der Waals surface area contributed by atoms with Crippen molar-refractivity contribution in [3.63, 3.8) is 0 Å². The lowest BCUT2D eigenvalue weighted by Crippen LogP contribution is -2.29. The van der Waals surface area contributed by atoms with Crippen LogP contribution in [0.15, 0.2) is 17.9 Å². The molecular weight excluding hydrogens is 204 g/mol. The van der Waals surface area contributed by atoms with E-state index in [1.165, 1.54) is 12.8 Å². The molecule has 0 aliphatic carbocycles. The molecular formula is C13H22O3. The molecule has 1 aliphatic rings. The molecule has 0 N–H and O–H groups in total. The van der Waals surface area contributed by atoms with Crippen molar-refractivity contribution in [1.29, 1.82) is 0 Å². The molecule has 0 amide bonds. The normalized spacial score (nSPS) is 29.1. The molecule has 1 rings (SSSR count). The van der Waals surface area contributed by atoms with Crippen molar-refractivity contribution in [1.82, 2.24) is 0 Å². The Balaban J connectivity index is 2.56. The number of methoxy groups -OCH3 is 1. The first-order valence-corrected chi connectivity index (χ1v) is 5.90. The third kappa shape index (κ3) is 3.19. The third-order valence-corrected chi connectivity index (χ3v) is 2.91. The van der Waals surface area contributed by atoms with E-state index in [4.69, 9.17) is 14.2 Å². The van der Waals surface area contributed by atoms with Gasteiger partial charge in [0.15, 0.2) is 12.1 Å². The van der Waals surface area contributed by atoms with E-state index in [9.17, 15) is 0 Å². The summed E-state index contributed by atoms with van der Waals surface area (Å²) in [6.07, 6.45) is 4.16. The average molecular weight is 226 g/mol. The number of ether oxygens (including phenoxy) is 3. The van der Waals surface area contributed by atoms with Gasteiger partial charge in [-0.3, -0.25) is 0 Å². The third-order valence-electron chi connectivity index (χ3n) is 2.91. The van der Waals surface area contributed by atoms with Crippen molar-refractivity contribution in [3.8, 4) is 0 Å². The first-order chi connectivity index (χ1) is 7.66. The minimum Gasteiger partial charge on any atom is -0.353 e. The van der Waals surface area contributed by atoms with E-state index < -0.39 is 5.79 Å². The monoisotopic (exact) mass is 226 g/mol. The van der Waals surface area contributed by atoms with Gasteiger partial charge in [0.1, 0.15) is 6.61 Å². The molecule has 2 unspecified atom stereocenters. The predicted octanol–water partition coefficient (Wildman–Crippen LogP) is 3.01. The van der Waals surface area contributed by atoms with E-state index in [1.807, 2.05) is 6.92 Å². The van der Waals surface area contributed by atoms with E-state index in [1.54, 1.807) is 7.11 Å². The Hall–Kier alpha value is -0.600. The highest BCUT2D eigenvalue weighted by Gasteiger charge is 2.40. The van der Waals surface area contributed by atoms with Gasteiger partial charge in [-0.05, 0) is 19.8 Å². The van der Waals surface area contributed by atoms with Gasteiger partial charge in [0.05, 0.1) is 0 Å². The van der Waals surface area contributed by atoms with Gasteiger partial charge < -0.3 is 14.2 Å². The Morgan fingerprint density at radius 2 is 2.31 bits per heavy atom. The smallest absolute Gasteiger partial charge is 0.198 e. The van der Waals surface area contributed by atoms with Gasteiger partial charge in [-0.2, -0.15) is 0 Å². The minimum absolute atomic E-state index is 0.278. The molecule has 0 aromatic heterocycles. The van der Waals surface area contributed by atoms with E-state index in [-0.39, 0.29) is 6.29 Å². The standard InChI is InChI=1S/C13H22O3/c1-5-7-8-9-11(6-2)13(3)15-10-12(14-4)16-13/h12H,2,5,7-10H2,1,3-4H3. The van der Waals surface area contributed by atoms with Gasteiger partial charge in [0.25, 0.3) is 0 Å². The van der Waals surface area contributed by atoms with Crippen molar-refractivity contribution in [2.45, 2.75) is 51.6 Å². The Kier molecular flexibility index (Phi) is 5.23. The van der Waals surface area contributed by atoms with E-state index in [0.29, 0.717) is 6.61 Å². The number of rotatable bonds is 6. The molecule has 1 aliphatic heterocycles. The van der Waals surface area contributed by atoms with Crippen LogP contribution in [0.25, 0.3) is 0 Å². The molecule has 3 heteroatoms. The fraction of sp³-hybridized carbons (Fsp3) is 0.769. The molecule has 1 fully saturated rings. The zero-order valence-electron chi connectivity index (χ0n) is 10.5. The summed E-state index contributed by atoms with van der Waals surface area (Å²) in [6, 6.07) is 0. The van der Waals surface area contributed by atoms with Gasteiger partial charge in [0, 0.05) is 12.7 Å². The predicted molar refractivity (Wildman–Crippen MR) is 63.0 cm³/mol. The highest BCUT2D eigenvalue weighted by atomic mass is 16.8. The van der Waals surface area contributed by atoms with Crippen LogP contribution in [0.3, 0.4) is 0 Å². The summed E-state index contributed by atoms with van der Waals surface area (Å²) in [5.74, 6) is -0.698. The van der Waals surface area contributed by atoms with E-state index in [2.05, 4.69) is 19.2 Å². The lowest BCUT2D eigenvalue weighted by molar-refractivity contribution is -0.172. The summed E-state index contributed by atoms with van der Waals surface area (Å²) >= 11 is 0. The number of hydrogen-bond acceptors (Lipinski definition) is 3. The second kappa shape index (κ2) is 6.21. The molecule has 0 bridgehead atoms. The maximum Gasteiger partial charge on any atom is 0.198 e. The second-order valence-electron chi connectivity index (χ2n) is 4.15. The van der Waals surface area contributed by atoms with Crippen LogP contribution in [0.1, 0.15) is 39.5 Å². The molecule has 92 valence electrons. The number of hydrogen-bond donors (Lipinski definition) is 0. The maximum absolute atomic E-state index is 5.70. The van der Waals surface area contributed by atoms with E-state index >= 15 is 0 Å². The molecule has 16 heavy (non-hydrogen) atoms. The molecule has 0 spiro atoms. The Labute approximate surface area is 98.1 Å². The Morgan fingerprint density at radius 1 is 1.56 bits per heavy atom. The molecule has 0 aromatic rings. The molecule has 0 aromatic carbocycles. The Bertz CT molecular complexity index is 268. The van der Waals surface area contributed by atoms with Crippen LogP contribution in [0, 0.1) is 0 Å². The van der Waals surface area contributed by atoms with Crippen molar-refractivity contribution in [2.24, 2.45) is 0 Å². The molecule has 0 radical (unpaired) electrons. The van der Waals surface area contributed by atoms with Gasteiger partial charge in [-0.25, -0.2) is 0 Å². The summed E-state index contributed by atoms with van der Waals surface area (Å²) in [7, 11) is 1.62. The molecule has 1 saturated heterocycles. The summed E-state index contributed by atoms with van der Waals surface area (Å²) in [5.41, 5.74) is 3.94. The van der Waals surface area contributed by atoms with Gasteiger partial charge in [-0.1, -0.05) is 26.3 Å². The lowest BCUT2D eigenvalue weighted by atomic mass is 10.0. The van der Waals surface area contributed by atoms with Crippen molar-refractivity contribution < 1.29 is 14.2 Å². The summed E-state index contributed by atoms with van der Waals surface area (Å²) in [5, 5.41) is 0. The summed E-state index contributed by atoms with van der Waals surface area (Å²) in [6.45, 7) is 8.27. The van der Waals surface area contributed by atoms with Crippen molar-refractivity contribution >= 4 is 0 Å². The van der Waals surface area contributed by atoms with Crippen LogP contribution in [0.2, 0.25) is 0 Å². The Morgan fingerprint density at radius 3 is 2.81 bits per heavy atom. The fourth-order valence-corrected chi connectivity index (χ4v) is 1.85. The lowest BCUT2D eigenvalue weighted by Gasteiger charge is -2.24. The van der Waals surface area contributed by atoms with Crippen LogP contribution in [0.5, 0.6) is 0 Å². The molecule has 3 nitrogen and oxygen atoms in total. The fourth-order valence-electron chi connectivity index (χ4n) is 1.85. The maximum atomic E-state index is 5.70. The van der Waals surface area contributed by atoms with Crippen LogP contribution < -0.4 is 0 Å². The number of unbranched alkanes of at least 4 members (excludes halogenated alkanes) is 2.